The summed E-state index contributed by atoms with van der Waals surface area (Å²) in [4.78, 5) is 13.4. The lowest BCUT2D eigenvalue weighted by molar-refractivity contribution is -0.105. The van der Waals surface area contributed by atoms with Crippen molar-refractivity contribution < 1.29 is 14.3 Å². The van der Waals surface area contributed by atoms with Gasteiger partial charge in [0.1, 0.15) is 5.82 Å². The van der Waals surface area contributed by atoms with E-state index in [-0.39, 0.29) is 0 Å². The average molecular weight is 220 g/mol. The highest BCUT2D eigenvalue weighted by molar-refractivity contribution is 5.89. The number of hydrogen-bond acceptors (Lipinski definition) is 3. The van der Waals surface area contributed by atoms with Crippen molar-refractivity contribution in [2.24, 2.45) is 0 Å². The van der Waals surface area contributed by atoms with Gasteiger partial charge in [0.15, 0.2) is 11.5 Å². The summed E-state index contributed by atoms with van der Waals surface area (Å²) < 4.78 is 10.4. The summed E-state index contributed by atoms with van der Waals surface area (Å²) in [6.45, 7) is 0. The van der Waals surface area contributed by atoms with Gasteiger partial charge in [-0.2, -0.15) is 0 Å². The Morgan fingerprint density at radius 2 is 1.88 bits per heavy atom. The number of benzene rings is 1. The molecule has 2 aromatic rings. The van der Waals surface area contributed by atoms with Gasteiger partial charge in [-0.05, 0) is 12.1 Å². The molecule has 2 N–H and O–H groups in total. The molecular weight excluding hydrogens is 208 g/mol. The molecule has 84 valence electrons. The fourth-order valence-corrected chi connectivity index (χ4v) is 1.60. The molecule has 0 saturated heterocycles. The standard InChI is InChI=1S/C11H12N2O3/c1-15-9-3-7-4-11(12-6-14)13-8(7)5-10(9)16-2/h3-6,13H,1-2H3,(H,12,14). The number of aromatic amines is 1. The van der Waals surface area contributed by atoms with Gasteiger partial charge in [-0.25, -0.2) is 0 Å². The summed E-state index contributed by atoms with van der Waals surface area (Å²) in [5.74, 6) is 1.95. The van der Waals surface area contributed by atoms with Crippen molar-refractivity contribution in [1.29, 1.82) is 0 Å². The third-order valence-electron chi connectivity index (χ3n) is 2.34. The number of ether oxygens (including phenoxy) is 2. The number of carbonyl (C=O) groups excluding carboxylic acids is 1. The molecule has 1 heterocycles. The van der Waals surface area contributed by atoms with Crippen LogP contribution in [0, 0.1) is 0 Å². The highest BCUT2D eigenvalue weighted by atomic mass is 16.5. The predicted molar refractivity (Wildman–Crippen MR) is 61.1 cm³/mol. The summed E-state index contributed by atoms with van der Waals surface area (Å²) in [5.41, 5.74) is 0.877. The fraction of sp³-hybridized carbons (Fsp3) is 0.182. The molecule has 0 saturated carbocycles. The Balaban J connectivity index is 2.55. The van der Waals surface area contributed by atoms with Gasteiger partial charge in [-0.15, -0.1) is 0 Å². The van der Waals surface area contributed by atoms with Crippen LogP contribution in [0.3, 0.4) is 0 Å². The summed E-state index contributed by atoms with van der Waals surface area (Å²) in [5, 5.41) is 3.50. The van der Waals surface area contributed by atoms with Crippen LogP contribution in [0.15, 0.2) is 18.2 Å². The molecule has 0 aliphatic carbocycles. The molecule has 0 aliphatic rings. The van der Waals surface area contributed by atoms with Crippen LogP contribution in [0.25, 0.3) is 10.9 Å². The molecule has 1 aromatic heterocycles. The summed E-state index contributed by atoms with van der Waals surface area (Å²) in [6, 6.07) is 5.50. The second-order valence-electron chi connectivity index (χ2n) is 3.24. The van der Waals surface area contributed by atoms with Gasteiger partial charge in [0.25, 0.3) is 0 Å². The normalized spacial score (nSPS) is 10.1. The van der Waals surface area contributed by atoms with E-state index in [1.807, 2.05) is 18.2 Å². The Labute approximate surface area is 92.4 Å². The minimum Gasteiger partial charge on any atom is -0.493 e. The third kappa shape index (κ3) is 1.67. The van der Waals surface area contributed by atoms with Gasteiger partial charge in [-0.3, -0.25) is 4.79 Å². The molecule has 2 rings (SSSR count). The van der Waals surface area contributed by atoms with Crippen LogP contribution < -0.4 is 14.8 Å². The summed E-state index contributed by atoms with van der Waals surface area (Å²) in [7, 11) is 3.16. The Bertz CT molecular complexity index is 478. The molecule has 16 heavy (non-hydrogen) atoms. The molecule has 5 nitrogen and oxygen atoms in total. The molecule has 5 heteroatoms. The molecule has 0 spiro atoms. The van der Waals surface area contributed by atoms with E-state index in [1.54, 1.807) is 14.2 Å². The smallest absolute Gasteiger partial charge is 0.212 e. The van der Waals surface area contributed by atoms with Crippen LogP contribution >= 0.6 is 0 Å². The lowest BCUT2D eigenvalue weighted by Crippen LogP contribution is -1.92. The number of rotatable bonds is 4. The molecule has 0 fully saturated rings. The lowest BCUT2D eigenvalue weighted by Gasteiger charge is -2.06. The zero-order chi connectivity index (χ0) is 11.5. The van der Waals surface area contributed by atoms with Crippen molar-refractivity contribution in [3.8, 4) is 11.5 Å². The van der Waals surface area contributed by atoms with E-state index in [1.165, 1.54) is 0 Å². The van der Waals surface area contributed by atoms with Crippen LogP contribution in [-0.2, 0) is 4.79 Å². The molecule has 0 aliphatic heterocycles. The lowest BCUT2D eigenvalue weighted by atomic mass is 10.2. The first-order valence-corrected chi connectivity index (χ1v) is 4.73. The minimum atomic E-state index is 0.624. The third-order valence-corrected chi connectivity index (χ3v) is 2.34. The largest absolute Gasteiger partial charge is 0.493 e. The highest BCUT2D eigenvalue weighted by Crippen LogP contribution is 2.32. The van der Waals surface area contributed by atoms with Crippen molar-refractivity contribution in [2.75, 3.05) is 19.5 Å². The molecule has 1 amide bonds. The number of hydrogen-bond donors (Lipinski definition) is 2. The zero-order valence-electron chi connectivity index (χ0n) is 9.03. The topological polar surface area (TPSA) is 63.3 Å². The average Bonchev–Trinajstić information content (AvgIpc) is 2.68. The van der Waals surface area contributed by atoms with E-state index < -0.39 is 0 Å². The molecule has 0 bridgehead atoms. The van der Waals surface area contributed by atoms with Crippen LogP contribution in [0.1, 0.15) is 0 Å². The Morgan fingerprint density at radius 3 is 2.50 bits per heavy atom. The van der Waals surface area contributed by atoms with E-state index in [4.69, 9.17) is 9.47 Å². The van der Waals surface area contributed by atoms with Crippen molar-refractivity contribution in [1.82, 2.24) is 4.98 Å². The molecule has 0 unspecified atom stereocenters. The number of methoxy groups -OCH3 is 2. The quantitative estimate of drug-likeness (QED) is 0.771. The molecular formula is C11H12N2O3. The number of fused-ring (bicyclic) bond motifs is 1. The van der Waals surface area contributed by atoms with Crippen LogP contribution in [0.5, 0.6) is 11.5 Å². The van der Waals surface area contributed by atoms with E-state index in [2.05, 4.69) is 10.3 Å². The fourth-order valence-electron chi connectivity index (χ4n) is 1.60. The van der Waals surface area contributed by atoms with Gasteiger partial charge in [0, 0.05) is 11.5 Å². The van der Waals surface area contributed by atoms with E-state index in [0.29, 0.717) is 23.7 Å². The van der Waals surface area contributed by atoms with Crippen molar-refractivity contribution in [2.45, 2.75) is 0 Å². The maximum Gasteiger partial charge on any atom is 0.212 e. The SMILES string of the molecule is COc1cc2cc(NC=O)[nH]c2cc1OC. The van der Waals surface area contributed by atoms with E-state index in [9.17, 15) is 4.79 Å². The first-order valence-electron chi connectivity index (χ1n) is 4.73. The second-order valence-corrected chi connectivity index (χ2v) is 3.24. The van der Waals surface area contributed by atoms with Gasteiger partial charge >= 0.3 is 0 Å². The number of amides is 1. The summed E-state index contributed by atoms with van der Waals surface area (Å²) >= 11 is 0. The van der Waals surface area contributed by atoms with Gasteiger partial charge < -0.3 is 19.8 Å². The van der Waals surface area contributed by atoms with Gasteiger partial charge in [-0.1, -0.05) is 0 Å². The van der Waals surface area contributed by atoms with E-state index >= 15 is 0 Å². The van der Waals surface area contributed by atoms with E-state index in [0.717, 1.165) is 10.9 Å². The first kappa shape index (κ1) is 10.4. The summed E-state index contributed by atoms with van der Waals surface area (Å²) in [6.07, 6.45) is 0.624. The van der Waals surface area contributed by atoms with Gasteiger partial charge in [0.05, 0.1) is 19.7 Å². The molecule has 0 radical (unpaired) electrons. The van der Waals surface area contributed by atoms with Gasteiger partial charge in [0.2, 0.25) is 6.41 Å². The number of nitrogens with one attached hydrogen (secondary N) is 2. The number of aromatic nitrogens is 1. The zero-order valence-corrected chi connectivity index (χ0v) is 9.03. The van der Waals surface area contributed by atoms with Crippen molar-refractivity contribution >= 4 is 23.1 Å². The predicted octanol–water partition coefficient (Wildman–Crippen LogP) is 1.75. The molecule has 1 aromatic carbocycles. The van der Waals surface area contributed by atoms with Crippen LogP contribution in [0.4, 0.5) is 5.82 Å². The Hall–Kier alpha value is -2.17. The Morgan fingerprint density at radius 1 is 1.19 bits per heavy atom. The second kappa shape index (κ2) is 4.14. The minimum absolute atomic E-state index is 0.624. The first-order chi connectivity index (χ1) is 7.78. The number of H-pyrrole nitrogens is 1. The number of anilines is 1. The van der Waals surface area contributed by atoms with Crippen LogP contribution in [-0.4, -0.2) is 25.6 Å². The van der Waals surface area contributed by atoms with Crippen LogP contribution in [0.2, 0.25) is 0 Å². The maximum absolute atomic E-state index is 10.3. The molecule has 0 atom stereocenters. The van der Waals surface area contributed by atoms with Crippen molar-refractivity contribution in [3.05, 3.63) is 18.2 Å². The number of carbonyl (C=O) groups is 1. The monoisotopic (exact) mass is 220 g/mol. The maximum atomic E-state index is 10.3. The van der Waals surface area contributed by atoms with Crippen molar-refractivity contribution in [3.63, 3.8) is 0 Å². The Kier molecular flexibility index (Phi) is 2.68. The highest BCUT2D eigenvalue weighted by Gasteiger charge is 2.08.